The monoisotopic (exact) mass is 311 g/mol. The van der Waals surface area contributed by atoms with E-state index in [1.54, 1.807) is 0 Å². The van der Waals surface area contributed by atoms with Crippen LogP contribution in [0, 0.1) is 0 Å². The minimum Gasteiger partial charge on any atom is -0.484 e. The number of ether oxygens (including phenoxy) is 2. The molecular formula is C14H18BrNO2. The zero-order chi connectivity index (χ0) is 12.8. The lowest BCUT2D eigenvalue weighted by atomic mass is 9.83. The minimum atomic E-state index is -0.165. The molecule has 0 amide bonds. The number of rotatable bonds is 1. The standard InChI is InChI=1S/C14H18BrNO2/c1-9-14(5-6-17-9)8-12(16-2)11-4-3-10(15)7-13(11)18-14/h3-4,7,9,12,16H,5-6,8H2,1-2H3. The van der Waals surface area contributed by atoms with E-state index in [1.807, 2.05) is 7.05 Å². The number of hydrogen-bond donors (Lipinski definition) is 1. The van der Waals surface area contributed by atoms with Crippen molar-refractivity contribution in [2.45, 2.75) is 37.5 Å². The molecule has 1 spiro atoms. The van der Waals surface area contributed by atoms with Crippen molar-refractivity contribution in [1.29, 1.82) is 0 Å². The van der Waals surface area contributed by atoms with Crippen molar-refractivity contribution in [3.63, 3.8) is 0 Å². The van der Waals surface area contributed by atoms with E-state index in [4.69, 9.17) is 9.47 Å². The van der Waals surface area contributed by atoms with E-state index in [0.29, 0.717) is 6.04 Å². The van der Waals surface area contributed by atoms with Crippen LogP contribution in [0.2, 0.25) is 0 Å². The normalized spacial score (nSPS) is 34.4. The summed E-state index contributed by atoms with van der Waals surface area (Å²) in [7, 11) is 2.01. The lowest BCUT2D eigenvalue weighted by Crippen LogP contribution is -2.48. The van der Waals surface area contributed by atoms with Crippen LogP contribution in [0.1, 0.15) is 31.4 Å². The molecule has 1 fully saturated rings. The molecule has 0 bridgehead atoms. The number of hydrogen-bond acceptors (Lipinski definition) is 3. The first-order valence-electron chi connectivity index (χ1n) is 6.42. The van der Waals surface area contributed by atoms with Crippen LogP contribution < -0.4 is 10.1 Å². The van der Waals surface area contributed by atoms with Gasteiger partial charge >= 0.3 is 0 Å². The maximum absolute atomic E-state index is 6.31. The van der Waals surface area contributed by atoms with E-state index in [2.05, 4.69) is 46.4 Å². The van der Waals surface area contributed by atoms with Crippen molar-refractivity contribution < 1.29 is 9.47 Å². The summed E-state index contributed by atoms with van der Waals surface area (Å²) in [6.45, 7) is 2.91. The Kier molecular flexibility index (Phi) is 3.12. The van der Waals surface area contributed by atoms with E-state index in [9.17, 15) is 0 Å². The summed E-state index contributed by atoms with van der Waals surface area (Å²) in [6, 6.07) is 6.60. The van der Waals surface area contributed by atoms with E-state index in [1.165, 1.54) is 5.56 Å². The largest absolute Gasteiger partial charge is 0.484 e. The highest BCUT2D eigenvalue weighted by molar-refractivity contribution is 9.10. The number of halogens is 1. The molecule has 1 aromatic carbocycles. The van der Waals surface area contributed by atoms with Gasteiger partial charge in [-0.2, -0.15) is 0 Å². The molecule has 2 heterocycles. The first-order valence-corrected chi connectivity index (χ1v) is 7.21. The highest BCUT2D eigenvalue weighted by Crippen LogP contribution is 2.46. The fraction of sp³-hybridized carbons (Fsp3) is 0.571. The molecule has 3 unspecified atom stereocenters. The number of fused-ring (bicyclic) bond motifs is 1. The van der Waals surface area contributed by atoms with E-state index < -0.39 is 0 Å². The first-order chi connectivity index (χ1) is 8.64. The summed E-state index contributed by atoms with van der Waals surface area (Å²) in [4.78, 5) is 0. The van der Waals surface area contributed by atoms with Crippen LogP contribution in [0.3, 0.4) is 0 Å². The molecule has 3 nitrogen and oxygen atoms in total. The van der Waals surface area contributed by atoms with Crippen LogP contribution in [0.15, 0.2) is 22.7 Å². The molecule has 4 heteroatoms. The van der Waals surface area contributed by atoms with Gasteiger partial charge in [-0.15, -0.1) is 0 Å². The van der Waals surface area contributed by atoms with Crippen LogP contribution in [-0.4, -0.2) is 25.4 Å². The summed E-state index contributed by atoms with van der Waals surface area (Å²) >= 11 is 3.51. The number of nitrogens with one attached hydrogen (secondary N) is 1. The van der Waals surface area contributed by atoms with Gasteiger partial charge in [0.25, 0.3) is 0 Å². The summed E-state index contributed by atoms with van der Waals surface area (Å²) in [5.41, 5.74) is 1.08. The summed E-state index contributed by atoms with van der Waals surface area (Å²) in [5.74, 6) is 0.979. The highest BCUT2D eigenvalue weighted by Gasteiger charge is 2.48. The third kappa shape index (κ3) is 1.87. The summed E-state index contributed by atoms with van der Waals surface area (Å²) < 4.78 is 13.1. The molecular weight excluding hydrogens is 294 g/mol. The maximum Gasteiger partial charge on any atom is 0.139 e. The van der Waals surface area contributed by atoms with Crippen LogP contribution in [0.25, 0.3) is 0 Å². The fourth-order valence-corrected chi connectivity index (χ4v) is 3.36. The molecule has 1 aromatic rings. The average Bonchev–Trinajstić information content (AvgIpc) is 2.69. The van der Waals surface area contributed by atoms with Gasteiger partial charge in [-0.3, -0.25) is 0 Å². The molecule has 0 aromatic heterocycles. The lowest BCUT2D eigenvalue weighted by molar-refractivity contribution is -0.0301. The Morgan fingerprint density at radius 3 is 2.94 bits per heavy atom. The number of benzene rings is 1. The zero-order valence-electron chi connectivity index (χ0n) is 10.7. The molecule has 2 aliphatic heterocycles. The van der Waals surface area contributed by atoms with E-state index in [-0.39, 0.29) is 11.7 Å². The molecule has 0 saturated carbocycles. The van der Waals surface area contributed by atoms with Crippen LogP contribution in [0.5, 0.6) is 5.75 Å². The summed E-state index contributed by atoms with van der Waals surface area (Å²) in [5, 5.41) is 3.40. The Hall–Kier alpha value is -0.580. The van der Waals surface area contributed by atoms with Crippen LogP contribution >= 0.6 is 15.9 Å². The van der Waals surface area contributed by atoms with E-state index >= 15 is 0 Å². The quantitative estimate of drug-likeness (QED) is 0.864. The van der Waals surface area contributed by atoms with Gasteiger partial charge in [0.05, 0.1) is 12.7 Å². The third-order valence-electron chi connectivity index (χ3n) is 4.20. The van der Waals surface area contributed by atoms with Gasteiger partial charge in [-0.25, -0.2) is 0 Å². The zero-order valence-corrected chi connectivity index (χ0v) is 12.3. The highest BCUT2D eigenvalue weighted by atomic mass is 79.9. The van der Waals surface area contributed by atoms with Crippen molar-refractivity contribution >= 4 is 15.9 Å². The van der Waals surface area contributed by atoms with Crippen LogP contribution in [0.4, 0.5) is 0 Å². The maximum atomic E-state index is 6.31. The second-order valence-electron chi connectivity index (χ2n) is 5.16. The van der Waals surface area contributed by atoms with Gasteiger partial charge in [0.2, 0.25) is 0 Å². The Bertz CT molecular complexity index is 465. The second-order valence-corrected chi connectivity index (χ2v) is 6.07. The van der Waals surface area contributed by atoms with Crippen molar-refractivity contribution in [3.05, 3.63) is 28.2 Å². The Morgan fingerprint density at radius 2 is 2.28 bits per heavy atom. The molecule has 0 aliphatic carbocycles. The smallest absolute Gasteiger partial charge is 0.139 e. The van der Waals surface area contributed by atoms with Gasteiger partial charge in [0.1, 0.15) is 11.4 Å². The Labute approximate surface area is 116 Å². The fourth-order valence-electron chi connectivity index (χ4n) is 3.02. The lowest BCUT2D eigenvalue weighted by Gasteiger charge is -2.41. The molecule has 3 atom stereocenters. The molecule has 98 valence electrons. The molecule has 0 radical (unpaired) electrons. The predicted molar refractivity (Wildman–Crippen MR) is 73.9 cm³/mol. The molecule has 1 N–H and O–H groups in total. The van der Waals surface area contributed by atoms with Crippen LogP contribution in [-0.2, 0) is 4.74 Å². The molecule has 1 saturated heterocycles. The Balaban J connectivity index is 2.02. The van der Waals surface area contributed by atoms with Crippen molar-refractivity contribution in [3.8, 4) is 5.75 Å². The second kappa shape index (κ2) is 4.51. The minimum absolute atomic E-state index is 0.153. The van der Waals surface area contributed by atoms with Gasteiger partial charge in [-0.1, -0.05) is 22.0 Å². The van der Waals surface area contributed by atoms with Gasteiger partial charge in [-0.05, 0) is 26.1 Å². The van der Waals surface area contributed by atoms with Gasteiger partial charge < -0.3 is 14.8 Å². The predicted octanol–water partition coefficient (Wildman–Crippen LogP) is 3.04. The SMILES string of the molecule is CNC1CC2(CCOC2C)Oc2cc(Br)ccc21. The molecule has 3 rings (SSSR count). The summed E-state index contributed by atoms with van der Waals surface area (Å²) in [6.07, 6.45) is 2.10. The molecule has 2 aliphatic rings. The molecule has 18 heavy (non-hydrogen) atoms. The van der Waals surface area contributed by atoms with Crippen molar-refractivity contribution in [1.82, 2.24) is 5.32 Å². The van der Waals surface area contributed by atoms with Gasteiger partial charge in [0.15, 0.2) is 0 Å². The van der Waals surface area contributed by atoms with Gasteiger partial charge in [0, 0.05) is 28.9 Å². The topological polar surface area (TPSA) is 30.5 Å². The average molecular weight is 312 g/mol. The first kappa shape index (κ1) is 12.5. The Morgan fingerprint density at radius 1 is 1.44 bits per heavy atom. The van der Waals surface area contributed by atoms with Crippen molar-refractivity contribution in [2.75, 3.05) is 13.7 Å². The van der Waals surface area contributed by atoms with Crippen molar-refractivity contribution in [2.24, 2.45) is 0 Å². The third-order valence-corrected chi connectivity index (χ3v) is 4.69. The van der Waals surface area contributed by atoms with E-state index in [0.717, 1.165) is 29.7 Å².